The fraction of sp³-hybridized carbons (Fsp3) is 0.538. The second-order valence-electron chi connectivity index (χ2n) is 5.13. The fourth-order valence-electron chi connectivity index (χ4n) is 1.93. The lowest BCUT2D eigenvalue weighted by molar-refractivity contribution is -0.127. The monoisotopic (exact) mass is 325 g/mol. The Bertz CT molecular complexity index is 594. The molecule has 0 saturated heterocycles. The number of alkyl halides is 3. The highest BCUT2D eigenvalue weighted by molar-refractivity contribution is 7.89. The van der Waals surface area contributed by atoms with Crippen molar-refractivity contribution < 1.29 is 26.0 Å². The van der Waals surface area contributed by atoms with Gasteiger partial charge in [0.05, 0.1) is 0 Å². The molecule has 1 atom stereocenters. The molecule has 1 aliphatic carbocycles. The second-order valence-corrected chi connectivity index (χ2v) is 7.34. The molecule has 3 nitrogen and oxygen atoms in total. The highest BCUT2D eigenvalue weighted by atomic mass is 32.2. The van der Waals surface area contributed by atoms with Crippen LogP contribution in [0.4, 0.5) is 17.6 Å². The fourth-order valence-corrected chi connectivity index (χ4v) is 3.63. The van der Waals surface area contributed by atoms with Crippen LogP contribution in [-0.4, -0.2) is 30.2 Å². The van der Waals surface area contributed by atoms with Crippen molar-refractivity contribution >= 4 is 10.0 Å². The van der Waals surface area contributed by atoms with Crippen LogP contribution in [0.25, 0.3) is 0 Å². The van der Waals surface area contributed by atoms with Gasteiger partial charge in [0.15, 0.2) is 5.25 Å². The molecular weight excluding hydrogens is 310 g/mol. The molecule has 0 heterocycles. The van der Waals surface area contributed by atoms with Crippen molar-refractivity contribution in [3.63, 3.8) is 0 Å². The summed E-state index contributed by atoms with van der Waals surface area (Å²) in [5.74, 6) is -0.483. The van der Waals surface area contributed by atoms with Crippen LogP contribution in [0, 0.1) is 5.82 Å². The molecule has 8 heteroatoms. The Balaban J connectivity index is 2.25. The van der Waals surface area contributed by atoms with Gasteiger partial charge in [-0.3, -0.25) is 0 Å². The molecule has 0 N–H and O–H groups in total. The van der Waals surface area contributed by atoms with Gasteiger partial charge in [-0.1, -0.05) is 12.1 Å². The first kappa shape index (κ1) is 16.2. The van der Waals surface area contributed by atoms with Crippen molar-refractivity contribution in [2.45, 2.75) is 43.8 Å². The zero-order valence-corrected chi connectivity index (χ0v) is 12.1. The van der Waals surface area contributed by atoms with E-state index in [0.29, 0.717) is 25.3 Å². The third-order valence-corrected chi connectivity index (χ3v) is 5.68. The molecule has 0 aliphatic heterocycles. The molecular formula is C13H15F4NO2S. The Morgan fingerprint density at radius 1 is 1.24 bits per heavy atom. The van der Waals surface area contributed by atoms with Crippen molar-refractivity contribution in [2.24, 2.45) is 0 Å². The van der Waals surface area contributed by atoms with Crippen LogP contribution in [0.1, 0.15) is 25.3 Å². The molecule has 1 aromatic carbocycles. The summed E-state index contributed by atoms with van der Waals surface area (Å²) in [5.41, 5.74) is 0.459. The summed E-state index contributed by atoms with van der Waals surface area (Å²) in [7, 11) is -4.49. The number of halogens is 4. The van der Waals surface area contributed by atoms with Gasteiger partial charge in [0, 0.05) is 12.6 Å². The van der Waals surface area contributed by atoms with E-state index in [4.69, 9.17) is 0 Å². The molecule has 118 valence electrons. The second kappa shape index (κ2) is 5.57. The SMILES string of the molecule is C[C@H](C(F)(F)F)S(=O)(=O)N(Cc1ccc(F)cc1)C1CC1. The zero-order valence-electron chi connectivity index (χ0n) is 11.3. The molecule has 1 aliphatic rings. The quantitative estimate of drug-likeness (QED) is 0.780. The summed E-state index contributed by atoms with van der Waals surface area (Å²) in [6.45, 7) is 0.475. The molecule has 0 amide bonds. The number of hydrogen-bond acceptors (Lipinski definition) is 2. The van der Waals surface area contributed by atoms with Crippen molar-refractivity contribution in [3.8, 4) is 0 Å². The van der Waals surface area contributed by atoms with Crippen molar-refractivity contribution in [1.82, 2.24) is 4.31 Å². The molecule has 2 rings (SSSR count). The Morgan fingerprint density at radius 3 is 2.19 bits per heavy atom. The van der Waals surface area contributed by atoms with E-state index >= 15 is 0 Å². The summed E-state index contributed by atoms with van der Waals surface area (Å²) >= 11 is 0. The van der Waals surface area contributed by atoms with Gasteiger partial charge < -0.3 is 0 Å². The summed E-state index contributed by atoms with van der Waals surface area (Å²) in [6.07, 6.45) is -3.72. The highest BCUT2D eigenvalue weighted by Gasteiger charge is 2.50. The maximum Gasteiger partial charge on any atom is 0.406 e. The maximum absolute atomic E-state index is 12.8. The normalized spacial score (nSPS) is 18.0. The van der Waals surface area contributed by atoms with Crippen molar-refractivity contribution in [3.05, 3.63) is 35.6 Å². The molecule has 21 heavy (non-hydrogen) atoms. The number of sulfonamides is 1. The smallest absolute Gasteiger partial charge is 0.212 e. The Hall–Kier alpha value is -1.15. The summed E-state index contributed by atoms with van der Waals surface area (Å²) in [5, 5.41) is -2.45. The van der Waals surface area contributed by atoms with E-state index in [0.717, 1.165) is 16.4 Å². The first-order valence-corrected chi connectivity index (χ1v) is 7.94. The van der Waals surface area contributed by atoms with Gasteiger partial charge in [0.1, 0.15) is 5.82 Å². The van der Waals surface area contributed by atoms with Crippen molar-refractivity contribution in [2.75, 3.05) is 0 Å². The van der Waals surface area contributed by atoms with Gasteiger partial charge in [0.25, 0.3) is 0 Å². The predicted molar refractivity (Wildman–Crippen MR) is 69.4 cm³/mol. The van der Waals surface area contributed by atoms with Crippen LogP contribution in [-0.2, 0) is 16.6 Å². The van der Waals surface area contributed by atoms with Crippen LogP contribution in [0.3, 0.4) is 0 Å². The van der Waals surface area contributed by atoms with Crippen LogP contribution in [0.2, 0.25) is 0 Å². The van der Waals surface area contributed by atoms with Crippen LogP contribution >= 0.6 is 0 Å². The summed E-state index contributed by atoms with van der Waals surface area (Å²) < 4.78 is 76.2. The van der Waals surface area contributed by atoms with Gasteiger partial charge in [-0.05, 0) is 37.5 Å². The van der Waals surface area contributed by atoms with Crippen molar-refractivity contribution in [1.29, 1.82) is 0 Å². The van der Waals surface area contributed by atoms with E-state index in [1.807, 2.05) is 0 Å². The highest BCUT2D eigenvalue weighted by Crippen LogP contribution is 2.36. The molecule has 1 aromatic rings. The standard InChI is InChI=1S/C13H15F4NO2S/c1-9(13(15,16)17)21(19,20)18(12-6-7-12)8-10-2-4-11(14)5-3-10/h2-5,9,12H,6-8H2,1H3/t9-/m1/s1. The van der Waals surface area contributed by atoms with Gasteiger partial charge in [0.2, 0.25) is 10.0 Å². The van der Waals surface area contributed by atoms with Gasteiger partial charge >= 0.3 is 6.18 Å². The minimum absolute atomic E-state index is 0.173. The van der Waals surface area contributed by atoms with Crippen LogP contribution in [0.5, 0.6) is 0 Å². The van der Waals surface area contributed by atoms with Gasteiger partial charge in [-0.15, -0.1) is 0 Å². The van der Waals surface area contributed by atoms with E-state index in [2.05, 4.69) is 0 Å². The van der Waals surface area contributed by atoms with Gasteiger partial charge in [-0.25, -0.2) is 12.8 Å². The third-order valence-electron chi connectivity index (χ3n) is 3.44. The Morgan fingerprint density at radius 2 is 1.76 bits per heavy atom. The average molecular weight is 325 g/mol. The van der Waals surface area contributed by atoms with E-state index < -0.39 is 33.3 Å². The molecule has 0 unspecified atom stereocenters. The van der Waals surface area contributed by atoms with Crippen LogP contribution in [0.15, 0.2) is 24.3 Å². The largest absolute Gasteiger partial charge is 0.406 e. The molecule has 1 fully saturated rings. The Labute approximate surface area is 120 Å². The lowest BCUT2D eigenvalue weighted by Gasteiger charge is -2.27. The number of rotatable bonds is 5. The number of hydrogen-bond donors (Lipinski definition) is 0. The lowest BCUT2D eigenvalue weighted by atomic mass is 10.2. The van der Waals surface area contributed by atoms with E-state index in [1.54, 1.807) is 0 Å². The molecule has 0 radical (unpaired) electrons. The van der Waals surface area contributed by atoms with E-state index in [9.17, 15) is 26.0 Å². The molecule has 0 aromatic heterocycles. The Kier molecular flexibility index (Phi) is 4.30. The van der Waals surface area contributed by atoms with E-state index in [-0.39, 0.29) is 6.54 Å². The molecule has 0 bridgehead atoms. The zero-order chi connectivity index (χ0) is 15.8. The number of nitrogens with zero attached hydrogens (tertiary/aromatic N) is 1. The molecule has 1 saturated carbocycles. The topological polar surface area (TPSA) is 37.4 Å². The summed E-state index contributed by atoms with van der Waals surface area (Å²) in [4.78, 5) is 0. The minimum atomic E-state index is -4.81. The van der Waals surface area contributed by atoms with E-state index in [1.165, 1.54) is 12.1 Å². The summed E-state index contributed by atoms with van der Waals surface area (Å²) in [6, 6.07) is 4.65. The maximum atomic E-state index is 12.8. The first-order valence-electron chi connectivity index (χ1n) is 6.44. The van der Waals surface area contributed by atoms with Crippen LogP contribution < -0.4 is 0 Å². The average Bonchev–Trinajstić information content (AvgIpc) is 3.20. The lowest BCUT2D eigenvalue weighted by Crippen LogP contribution is -2.45. The minimum Gasteiger partial charge on any atom is -0.212 e. The third kappa shape index (κ3) is 3.74. The predicted octanol–water partition coefficient (Wildman–Crippen LogP) is 3.07. The first-order chi connectivity index (χ1) is 9.62. The molecule has 0 spiro atoms. The van der Waals surface area contributed by atoms with Gasteiger partial charge in [-0.2, -0.15) is 17.5 Å². The number of benzene rings is 1.